The third-order valence-corrected chi connectivity index (χ3v) is 3.78. The quantitative estimate of drug-likeness (QED) is 0.449. The van der Waals surface area contributed by atoms with Gasteiger partial charge in [0.2, 0.25) is 0 Å². The molecule has 3 heterocycles. The molecule has 3 fully saturated rings. The van der Waals surface area contributed by atoms with Gasteiger partial charge in [-0.3, -0.25) is 0 Å². The molecule has 2 bridgehead atoms. The largest absolute Gasteiger partial charge is 1.00 e. The first kappa shape index (κ1) is 9.34. The summed E-state index contributed by atoms with van der Waals surface area (Å²) < 4.78 is 0. The molecule has 0 unspecified atom stereocenters. The molecule has 0 aromatic carbocycles. The molecule has 3 aliphatic rings. The van der Waals surface area contributed by atoms with Crippen LogP contribution >= 0.6 is 0 Å². The van der Waals surface area contributed by atoms with Crippen LogP contribution in [0.5, 0.6) is 0 Å². The molecule has 66 valence electrons. The molecule has 3 aliphatic heterocycles. The zero-order chi connectivity index (χ0) is 7.03. The summed E-state index contributed by atoms with van der Waals surface area (Å²) in [6, 6.07) is 0. The van der Waals surface area contributed by atoms with Crippen molar-refractivity contribution < 1.29 is 17.3 Å². The van der Waals surface area contributed by atoms with E-state index in [9.17, 15) is 0 Å². The second kappa shape index (κ2) is 3.32. The van der Waals surface area contributed by atoms with Crippen LogP contribution in [0.15, 0.2) is 0 Å². The van der Waals surface area contributed by atoms with E-state index in [1.54, 1.807) is 0 Å². The third-order valence-electron chi connectivity index (χ3n) is 3.78. The number of halogens is 1. The molecule has 0 spiro atoms. The van der Waals surface area contributed by atoms with Crippen molar-refractivity contribution in [1.29, 1.82) is 0 Å². The predicted octanol–water partition coefficient (Wildman–Crippen LogP) is -2.53. The summed E-state index contributed by atoms with van der Waals surface area (Å²) in [5, 5.41) is 0. The Morgan fingerprint density at radius 2 is 1.55 bits per heavy atom. The molecule has 0 saturated carbocycles. The molecule has 1 nitrogen and oxygen atoms in total. The fraction of sp³-hybridized carbons (Fsp3) is 1.00. The van der Waals surface area contributed by atoms with E-state index in [0.717, 1.165) is 5.41 Å². The van der Waals surface area contributed by atoms with Gasteiger partial charge < -0.3 is 17.3 Å². The van der Waals surface area contributed by atoms with Crippen LogP contribution in [0.3, 0.4) is 0 Å². The summed E-state index contributed by atoms with van der Waals surface area (Å²) in [7, 11) is 0. The van der Waals surface area contributed by atoms with Crippen LogP contribution in [0, 0.1) is 5.41 Å². The lowest BCUT2D eigenvalue weighted by Crippen LogP contribution is -3.15. The second-order valence-electron chi connectivity index (χ2n) is 4.10. The van der Waals surface area contributed by atoms with Crippen LogP contribution in [0.4, 0.5) is 0 Å². The molecule has 0 amide bonds. The van der Waals surface area contributed by atoms with Gasteiger partial charge in [0.15, 0.2) is 0 Å². The number of nitrogens with one attached hydrogen (secondary N) is 1. The van der Waals surface area contributed by atoms with E-state index in [1.807, 2.05) is 4.90 Å². The van der Waals surface area contributed by atoms with Gasteiger partial charge in [-0.2, -0.15) is 0 Å². The Hall–Kier alpha value is 0.250. The van der Waals surface area contributed by atoms with Crippen LogP contribution in [-0.2, 0) is 0 Å². The fourth-order valence-corrected chi connectivity index (χ4v) is 2.61. The zero-order valence-corrected chi connectivity index (χ0v) is 8.08. The van der Waals surface area contributed by atoms with Crippen LogP contribution in [0.2, 0.25) is 0 Å². The van der Waals surface area contributed by atoms with Crippen LogP contribution in [-0.4, -0.2) is 19.6 Å². The molecule has 0 aromatic heterocycles. The maximum Gasteiger partial charge on any atom is 0.0776 e. The van der Waals surface area contributed by atoms with Gasteiger partial charge in [0.1, 0.15) is 0 Å². The van der Waals surface area contributed by atoms with E-state index in [2.05, 4.69) is 6.92 Å². The van der Waals surface area contributed by atoms with Gasteiger partial charge in [-0.25, -0.2) is 0 Å². The normalized spacial score (nSPS) is 41.7. The standard InChI is InChI=1S/C9H17N.ClH/c1-2-9-3-6-10(7-4-9)8-5-9;/h2-8H2,1H3;1H. The highest BCUT2D eigenvalue weighted by Crippen LogP contribution is 2.36. The minimum atomic E-state index is 0. The maximum absolute atomic E-state index is 2.37. The monoisotopic (exact) mass is 175 g/mol. The van der Waals surface area contributed by atoms with Crippen LogP contribution in [0.25, 0.3) is 0 Å². The molecule has 0 aliphatic carbocycles. The highest BCUT2D eigenvalue weighted by atomic mass is 35.5. The molecule has 11 heavy (non-hydrogen) atoms. The van der Waals surface area contributed by atoms with Gasteiger partial charge in [0.05, 0.1) is 19.6 Å². The molecule has 0 aromatic rings. The van der Waals surface area contributed by atoms with Crippen molar-refractivity contribution >= 4 is 0 Å². The average Bonchev–Trinajstić information content (AvgIpc) is 2.08. The van der Waals surface area contributed by atoms with Gasteiger partial charge in [0.25, 0.3) is 0 Å². The van der Waals surface area contributed by atoms with E-state index < -0.39 is 0 Å². The first-order chi connectivity index (χ1) is 4.85. The predicted molar refractivity (Wildman–Crippen MR) is 42.1 cm³/mol. The summed E-state index contributed by atoms with van der Waals surface area (Å²) in [5.74, 6) is 0. The number of quaternary nitrogens is 1. The third kappa shape index (κ3) is 1.54. The Kier molecular flexibility index (Phi) is 2.82. The van der Waals surface area contributed by atoms with E-state index in [-0.39, 0.29) is 12.4 Å². The average molecular weight is 176 g/mol. The minimum Gasteiger partial charge on any atom is -1.00 e. The summed E-state index contributed by atoms with van der Waals surface area (Å²) in [4.78, 5) is 1.87. The highest BCUT2D eigenvalue weighted by molar-refractivity contribution is 4.82. The van der Waals surface area contributed by atoms with Crippen molar-refractivity contribution in [1.82, 2.24) is 0 Å². The van der Waals surface area contributed by atoms with Crippen LogP contribution < -0.4 is 17.3 Å². The van der Waals surface area contributed by atoms with Crippen molar-refractivity contribution in [2.75, 3.05) is 19.6 Å². The van der Waals surface area contributed by atoms with Crippen molar-refractivity contribution in [2.24, 2.45) is 5.41 Å². The Morgan fingerprint density at radius 1 is 1.09 bits per heavy atom. The molecular weight excluding hydrogens is 158 g/mol. The molecule has 0 radical (unpaired) electrons. The number of rotatable bonds is 1. The smallest absolute Gasteiger partial charge is 0.0776 e. The Labute approximate surface area is 75.6 Å². The van der Waals surface area contributed by atoms with E-state index in [0.29, 0.717) is 0 Å². The van der Waals surface area contributed by atoms with E-state index >= 15 is 0 Å². The lowest BCUT2D eigenvalue weighted by atomic mass is 9.70. The van der Waals surface area contributed by atoms with Crippen molar-refractivity contribution in [3.63, 3.8) is 0 Å². The van der Waals surface area contributed by atoms with Crippen LogP contribution in [0.1, 0.15) is 32.6 Å². The Morgan fingerprint density at radius 3 is 1.82 bits per heavy atom. The van der Waals surface area contributed by atoms with E-state index in [1.165, 1.54) is 45.3 Å². The number of hydrogen-bond acceptors (Lipinski definition) is 0. The van der Waals surface area contributed by atoms with Gasteiger partial charge in [-0.1, -0.05) is 6.92 Å². The lowest BCUT2D eigenvalue weighted by Gasteiger charge is -2.45. The first-order valence-corrected chi connectivity index (χ1v) is 4.68. The molecular formula is C9H18ClN. The zero-order valence-electron chi connectivity index (χ0n) is 7.33. The summed E-state index contributed by atoms with van der Waals surface area (Å²) in [6.07, 6.45) is 5.97. The number of fused-ring (bicyclic) bond motifs is 3. The summed E-state index contributed by atoms with van der Waals surface area (Å²) in [5.41, 5.74) is 0.807. The van der Waals surface area contributed by atoms with E-state index in [4.69, 9.17) is 0 Å². The van der Waals surface area contributed by atoms with Crippen molar-refractivity contribution in [3.8, 4) is 0 Å². The molecule has 0 atom stereocenters. The maximum atomic E-state index is 2.37. The topological polar surface area (TPSA) is 4.44 Å². The molecule has 3 rings (SSSR count). The summed E-state index contributed by atoms with van der Waals surface area (Å²) in [6.45, 7) is 6.77. The van der Waals surface area contributed by atoms with Gasteiger partial charge in [-0.05, 0) is 11.8 Å². The first-order valence-electron chi connectivity index (χ1n) is 4.68. The molecule has 2 heteroatoms. The minimum absolute atomic E-state index is 0. The lowest BCUT2D eigenvalue weighted by molar-refractivity contribution is -0.919. The number of piperidine rings is 3. The Balaban J connectivity index is 0.000000605. The van der Waals surface area contributed by atoms with Gasteiger partial charge in [-0.15, -0.1) is 0 Å². The Bertz CT molecular complexity index is 114. The van der Waals surface area contributed by atoms with Crippen molar-refractivity contribution in [3.05, 3.63) is 0 Å². The highest BCUT2D eigenvalue weighted by Gasteiger charge is 2.40. The molecule has 1 N–H and O–H groups in total. The van der Waals surface area contributed by atoms with Crippen molar-refractivity contribution in [2.45, 2.75) is 32.6 Å². The van der Waals surface area contributed by atoms with Gasteiger partial charge >= 0.3 is 0 Å². The summed E-state index contributed by atoms with van der Waals surface area (Å²) >= 11 is 0. The second-order valence-corrected chi connectivity index (χ2v) is 4.10. The molecule has 3 saturated heterocycles. The van der Waals surface area contributed by atoms with Gasteiger partial charge in [0, 0.05) is 19.3 Å². The number of hydrogen-bond donors (Lipinski definition) is 1. The SMILES string of the molecule is CCC12CC[NH+](CC1)CC2.[Cl-]. The fourth-order valence-electron chi connectivity index (χ4n) is 2.61.